The molecule has 1 fully saturated rings. The molecule has 0 atom stereocenters. The number of carbonyl (C=O) groups is 1. The Labute approximate surface area is 155 Å². The minimum atomic E-state index is -2.57. The van der Waals surface area contributed by atoms with E-state index >= 15 is 0 Å². The molecule has 146 valence electrons. The van der Waals surface area contributed by atoms with Gasteiger partial charge < -0.3 is 15.0 Å². The van der Waals surface area contributed by atoms with Gasteiger partial charge in [0, 0.05) is 26.2 Å². The number of urea groups is 1. The zero-order valence-electron chi connectivity index (χ0n) is 15.0. The molecule has 2 amide bonds. The topological polar surface area (TPSA) is 86.4 Å². The highest BCUT2D eigenvalue weighted by atomic mass is 19.3. The monoisotopic (exact) mass is 380 g/mol. The van der Waals surface area contributed by atoms with Gasteiger partial charge in [0.15, 0.2) is 5.82 Å². The molecule has 0 aliphatic carbocycles. The molecule has 2 heterocycles. The van der Waals surface area contributed by atoms with Crippen molar-refractivity contribution in [2.45, 2.75) is 19.9 Å². The van der Waals surface area contributed by atoms with Crippen LogP contribution < -0.4 is 10.1 Å². The molecule has 10 heteroatoms. The van der Waals surface area contributed by atoms with Crippen molar-refractivity contribution >= 4 is 11.7 Å². The lowest BCUT2D eigenvalue weighted by molar-refractivity contribution is 0.0822. The van der Waals surface area contributed by atoms with E-state index in [-0.39, 0.29) is 11.8 Å². The Bertz CT molecular complexity index is 761. The molecule has 1 aliphatic rings. The molecule has 1 aromatic heterocycles. The quantitative estimate of drug-likeness (QED) is 0.802. The smallest absolute Gasteiger partial charge is 0.322 e. The number of nitrogens with zero attached hydrogens (tertiary/aromatic N) is 4. The van der Waals surface area contributed by atoms with Crippen LogP contribution in [0.4, 0.5) is 19.3 Å². The zero-order valence-corrected chi connectivity index (χ0v) is 15.0. The van der Waals surface area contributed by atoms with Gasteiger partial charge in [0.05, 0.1) is 12.2 Å². The zero-order chi connectivity index (χ0) is 19.2. The van der Waals surface area contributed by atoms with Gasteiger partial charge in [-0.3, -0.25) is 10.00 Å². The molecule has 8 nitrogen and oxygen atoms in total. The number of para-hydroxylation sites is 2. The lowest BCUT2D eigenvalue weighted by Gasteiger charge is -2.34. The van der Waals surface area contributed by atoms with Gasteiger partial charge in [-0.05, 0) is 19.1 Å². The number of halogens is 2. The van der Waals surface area contributed by atoms with Gasteiger partial charge in [-0.25, -0.2) is 18.6 Å². The van der Waals surface area contributed by atoms with Crippen molar-refractivity contribution < 1.29 is 18.3 Å². The van der Waals surface area contributed by atoms with E-state index in [1.54, 1.807) is 29.2 Å². The number of hydrogen-bond acceptors (Lipinski definition) is 5. The van der Waals surface area contributed by atoms with E-state index in [0.717, 1.165) is 11.6 Å². The van der Waals surface area contributed by atoms with Crippen LogP contribution in [0.3, 0.4) is 0 Å². The first-order chi connectivity index (χ1) is 13.0. The molecule has 2 N–H and O–H groups in total. The number of anilines is 1. The maximum Gasteiger partial charge on any atom is 0.322 e. The van der Waals surface area contributed by atoms with Gasteiger partial charge in [-0.15, -0.1) is 0 Å². The predicted octanol–water partition coefficient (Wildman–Crippen LogP) is 2.11. The van der Waals surface area contributed by atoms with Crippen LogP contribution in [-0.2, 0) is 6.54 Å². The van der Waals surface area contributed by atoms with E-state index in [1.807, 2.05) is 6.92 Å². The summed E-state index contributed by atoms with van der Waals surface area (Å²) in [5, 5.41) is 9.68. The Morgan fingerprint density at radius 1 is 1.30 bits per heavy atom. The lowest BCUT2D eigenvalue weighted by atomic mass is 10.3. The number of H-pyrrole nitrogens is 1. The van der Waals surface area contributed by atoms with Crippen LogP contribution in [0.2, 0.25) is 0 Å². The summed E-state index contributed by atoms with van der Waals surface area (Å²) in [4.78, 5) is 20.6. The van der Waals surface area contributed by atoms with Gasteiger partial charge in [0.1, 0.15) is 18.2 Å². The molecule has 1 aromatic carbocycles. The number of ether oxygens (including phenoxy) is 1. The van der Waals surface area contributed by atoms with Gasteiger partial charge in [-0.1, -0.05) is 12.1 Å². The third-order valence-corrected chi connectivity index (χ3v) is 4.16. The molecule has 0 unspecified atom stereocenters. The second-order valence-electron chi connectivity index (χ2n) is 6.23. The summed E-state index contributed by atoms with van der Waals surface area (Å²) < 4.78 is 29.8. The van der Waals surface area contributed by atoms with Crippen LogP contribution in [0.15, 0.2) is 24.3 Å². The Morgan fingerprint density at radius 2 is 2.04 bits per heavy atom. The fraction of sp³-hybridized carbons (Fsp3) is 0.471. The molecular formula is C17H22F2N6O2. The number of benzene rings is 1. The highest BCUT2D eigenvalue weighted by Gasteiger charge is 2.22. The second-order valence-corrected chi connectivity index (χ2v) is 6.23. The number of nitrogens with one attached hydrogen (secondary N) is 2. The second kappa shape index (κ2) is 8.76. The third kappa shape index (κ3) is 5.36. The molecule has 27 heavy (non-hydrogen) atoms. The minimum absolute atomic E-state index is 0.227. The van der Waals surface area contributed by atoms with Crippen LogP contribution in [0.25, 0.3) is 0 Å². The Hall–Kier alpha value is -2.75. The molecule has 2 aromatic rings. The minimum Gasteiger partial charge on any atom is -0.485 e. The highest BCUT2D eigenvalue weighted by Crippen LogP contribution is 2.24. The van der Waals surface area contributed by atoms with Crippen molar-refractivity contribution in [2.75, 3.05) is 38.1 Å². The summed E-state index contributed by atoms with van der Waals surface area (Å²) in [5.74, 6) is 1.73. The van der Waals surface area contributed by atoms with Gasteiger partial charge in [0.25, 0.3) is 6.43 Å². The van der Waals surface area contributed by atoms with Crippen LogP contribution in [0.5, 0.6) is 5.75 Å². The van der Waals surface area contributed by atoms with Gasteiger partial charge >= 0.3 is 6.03 Å². The third-order valence-electron chi connectivity index (χ3n) is 4.16. The molecule has 1 aliphatic heterocycles. The number of alkyl halides is 2. The maximum atomic E-state index is 12.5. The van der Waals surface area contributed by atoms with Gasteiger partial charge in [-0.2, -0.15) is 5.10 Å². The van der Waals surface area contributed by atoms with Crippen LogP contribution >= 0.6 is 0 Å². The SMILES string of the molecule is Cc1nc(CN2CCN(C(=O)Nc3ccccc3OCC(F)F)CC2)n[nH]1. The van der Waals surface area contributed by atoms with E-state index in [2.05, 4.69) is 25.4 Å². The Morgan fingerprint density at radius 3 is 2.70 bits per heavy atom. The molecule has 0 spiro atoms. The first kappa shape index (κ1) is 19.0. The Kier molecular flexibility index (Phi) is 6.17. The number of aromatic amines is 1. The summed E-state index contributed by atoms with van der Waals surface area (Å²) in [7, 11) is 0. The van der Waals surface area contributed by atoms with Crippen molar-refractivity contribution in [3.8, 4) is 5.75 Å². The van der Waals surface area contributed by atoms with Crippen molar-refractivity contribution in [3.05, 3.63) is 35.9 Å². The molecule has 0 radical (unpaired) electrons. The fourth-order valence-electron chi connectivity index (χ4n) is 2.81. The Balaban J connectivity index is 1.51. The van der Waals surface area contributed by atoms with Crippen LogP contribution in [-0.4, -0.2) is 70.2 Å². The summed E-state index contributed by atoms with van der Waals surface area (Å²) in [6.45, 7) is 4.26. The van der Waals surface area contributed by atoms with Crippen LogP contribution in [0.1, 0.15) is 11.6 Å². The van der Waals surface area contributed by atoms with Crippen molar-refractivity contribution in [3.63, 3.8) is 0 Å². The van der Waals surface area contributed by atoms with Gasteiger partial charge in [0.2, 0.25) is 0 Å². The molecule has 1 saturated heterocycles. The highest BCUT2D eigenvalue weighted by molar-refractivity contribution is 5.91. The fourth-order valence-corrected chi connectivity index (χ4v) is 2.81. The largest absolute Gasteiger partial charge is 0.485 e. The van der Waals surface area contributed by atoms with E-state index in [4.69, 9.17) is 4.74 Å². The average molecular weight is 380 g/mol. The van der Waals surface area contributed by atoms with E-state index in [9.17, 15) is 13.6 Å². The van der Waals surface area contributed by atoms with E-state index < -0.39 is 13.0 Å². The lowest BCUT2D eigenvalue weighted by Crippen LogP contribution is -2.49. The molecule has 3 rings (SSSR count). The predicted molar refractivity (Wildman–Crippen MR) is 94.9 cm³/mol. The summed E-state index contributed by atoms with van der Waals surface area (Å²) in [5.41, 5.74) is 0.377. The number of aromatic nitrogens is 3. The standard InChI is InChI=1S/C17H22F2N6O2/c1-12-20-16(23-22-12)10-24-6-8-25(9-7-24)17(26)21-13-4-2-3-5-14(13)27-11-15(18)19/h2-5,15H,6-11H2,1H3,(H,21,26)(H,20,22,23). The normalized spacial score (nSPS) is 15.2. The van der Waals surface area contributed by atoms with Crippen molar-refractivity contribution in [2.24, 2.45) is 0 Å². The first-order valence-electron chi connectivity index (χ1n) is 8.67. The van der Waals surface area contributed by atoms with E-state index in [0.29, 0.717) is 38.4 Å². The first-order valence-corrected chi connectivity index (χ1v) is 8.67. The number of hydrogen-bond donors (Lipinski definition) is 2. The average Bonchev–Trinajstić information content (AvgIpc) is 3.06. The number of aryl methyl sites for hydroxylation is 1. The molecule has 0 saturated carbocycles. The van der Waals surface area contributed by atoms with Crippen LogP contribution in [0, 0.1) is 6.92 Å². The van der Waals surface area contributed by atoms with Crippen molar-refractivity contribution in [1.82, 2.24) is 25.0 Å². The number of piperazine rings is 1. The van der Waals surface area contributed by atoms with Crippen molar-refractivity contribution in [1.29, 1.82) is 0 Å². The summed E-state index contributed by atoms with van der Waals surface area (Å²) >= 11 is 0. The number of carbonyl (C=O) groups excluding carboxylic acids is 1. The summed E-state index contributed by atoms with van der Waals surface area (Å²) in [6, 6.07) is 6.27. The molecular weight excluding hydrogens is 358 g/mol. The van der Waals surface area contributed by atoms with E-state index in [1.165, 1.54) is 0 Å². The molecule has 0 bridgehead atoms. The number of amides is 2. The number of rotatable bonds is 6. The maximum absolute atomic E-state index is 12.5. The summed E-state index contributed by atoms with van der Waals surface area (Å²) in [6.07, 6.45) is -2.57.